The molecule has 0 spiro atoms. The molecule has 0 N–H and O–H groups in total. The molecule has 1 atom stereocenters. The van der Waals surface area contributed by atoms with Crippen LogP contribution in [0.25, 0.3) is 0 Å². The number of hydrogen-bond donors (Lipinski definition) is 0. The van der Waals surface area contributed by atoms with Gasteiger partial charge in [0.2, 0.25) is 0 Å². The highest BCUT2D eigenvalue weighted by Gasteiger charge is 2.28. The van der Waals surface area contributed by atoms with Crippen LogP contribution in [0.5, 0.6) is 0 Å². The lowest BCUT2D eigenvalue weighted by molar-refractivity contribution is -0.153. The summed E-state index contributed by atoms with van der Waals surface area (Å²) in [4.78, 5) is 28.0. The second kappa shape index (κ2) is 12.5. The van der Waals surface area contributed by atoms with E-state index < -0.39 is 5.60 Å². The maximum atomic E-state index is 12.6. The first-order chi connectivity index (χ1) is 14.0. The first kappa shape index (κ1) is 25.9. The maximum Gasteiger partial charge on any atom is 0.410 e. The molecule has 0 radical (unpaired) electrons. The molecule has 0 bridgehead atoms. The number of rotatable bonds is 11. The molecule has 1 aromatic carbocycles. The summed E-state index contributed by atoms with van der Waals surface area (Å²) in [5.41, 5.74) is 0.448. The van der Waals surface area contributed by atoms with Crippen molar-refractivity contribution in [2.24, 2.45) is 5.92 Å². The Balaban J connectivity index is 2.36. The van der Waals surface area contributed by atoms with Crippen LogP contribution in [0.2, 0.25) is 0 Å². The van der Waals surface area contributed by atoms with Gasteiger partial charge in [-0.2, -0.15) is 0 Å². The molecule has 0 aliphatic carbocycles. The Hall–Kier alpha value is -2.12. The maximum absolute atomic E-state index is 12.6. The average Bonchev–Trinajstić information content (AvgIpc) is 2.65. The van der Waals surface area contributed by atoms with E-state index in [1.54, 1.807) is 7.05 Å². The number of ether oxygens (including phenoxy) is 3. The number of hydrogen-bond acceptors (Lipinski definition) is 6. The number of carbonyl (C=O) groups is 2. The van der Waals surface area contributed by atoms with Gasteiger partial charge in [0.15, 0.2) is 0 Å². The third-order valence-electron chi connectivity index (χ3n) is 4.44. The lowest BCUT2D eigenvalue weighted by atomic mass is 10.0. The van der Waals surface area contributed by atoms with Crippen molar-refractivity contribution in [1.29, 1.82) is 0 Å². The minimum Gasteiger partial charge on any atom is -0.460 e. The van der Waals surface area contributed by atoms with Gasteiger partial charge in [0.05, 0.1) is 13.2 Å². The third kappa shape index (κ3) is 10.1. The number of carbonyl (C=O) groups excluding carboxylic acids is 2. The standard InChI is InChI=1S/C23H38N2O5/c1-18(2)20(21(26)29-17-19-11-9-8-10-12-19)24(6)13-15-28-16-14-25(7)22(27)30-23(3,4)5/h8-12,18,20H,13-17H2,1-7H3/t20-/m0/s1. The fourth-order valence-electron chi connectivity index (χ4n) is 2.86. The minimum absolute atomic E-state index is 0.108. The molecule has 0 saturated heterocycles. The molecule has 0 aliphatic heterocycles. The highest BCUT2D eigenvalue weighted by Crippen LogP contribution is 2.13. The zero-order valence-corrected chi connectivity index (χ0v) is 19.5. The van der Waals surface area contributed by atoms with Gasteiger partial charge in [-0.3, -0.25) is 9.69 Å². The molecule has 7 nitrogen and oxygen atoms in total. The fraction of sp³-hybridized carbons (Fsp3) is 0.652. The van der Waals surface area contributed by atoms with E-state index in [2.05, 4.69) is 0 Å². The quantitative estimate of drug-likeness (QED) is 0.401. The van der Waals surface area contributed by atoms with Crippen LogP contribution in [0.15, 0.2) is 30.3 Å². The Morgan fingerprint density at radius 1 is 1.00 bits per heavy atom. The summed E-state index contributed by atoms with van der Waals surface area (Å²) in [6.07, 6.45) is -0.371. The molecule has 1 rings (SSSR count). The number of likely N-dealkylation sites (N-methyl/N-ethyl adjacent to an activating group) is 2. The van der Waals surface area contributed by atoms with E-state index in [1.165, 1.54) is 4.90 Å². The molecule has 0 aliphatic rings. The molecule has 0 saturated carbocycles. The summed E-state index contributed by atoms with van der Waals surface area (Å²) in [5, 5.41) is 0. The lowest BCUT2D eigenvalue weighted by Gasteiger charge is -2.29. The highest BCUT2D eigenvalue weighted by atomic mass is 16.6. The molecule has 7 heteroatoms. The number of benzene rings is 1. The fourth-order valence-corrected chi connectivity index (χ4v) is 2.86. The van der Waals surface area contributed by atoms with E-state index >= 15 is 0 Å². The Kier molecular flexibility index (Phi) is 10.8. The van der Waals surface area contributed by atoms with Gasteiger partial charge in [0.25, 0.3) is 0 Å². The van der Waals surface area contributed by atoms with Gasteiger partial charge in [-0.1, -0.05) is 44.2 Å². The molecular formula is C23H38N2O5. The van der Waals surface area contributed by atoms with Crippen LogP contribution < -0.4 is 0 Å². The van der Waals surface area contributed by atoms with Gasteiger partial charge in [-0.25, -0.2) is 4.79 Å². The molecular weight excluding hydrogens is 384 g/mol. The van der Waals surface area contributed by atoms with E-state index in [0.717, 1.165) is 5.56 Å². The number of amides is 1. The van der Waals surface area contributed by atoms with Crippen molar-refractivity contribution in [2.75, 3.05) is 40.4 Å². The van der Waals surface area contributed by atoms with Crippen LogP contribution in [0, 0.1) is 5.92 Å². The summed E-state index contributed by atoms with van der Waals surface area (Å²) < 4.78 is 16.5. The smallest absolute Gasteiger partial charge is 0.410 e. The molecule has 0 aromatic heterocycles. The van der Waals surface area contributed by atoms with Crippen LogP contribution in [0.4, 0.5) is 4.79 Å². The summed E-state index contributed by atoms with van der Waals surface area (Å²) >= 11 is 0. The second-order valence-corrected chi connectivity index (χ2v) is 8.78. The average molecular weight is 423 g/mol. The van der Waals surface area contributed by atoms with Gasteiger partial charge in [0, 0.05) is 20.1 Å². The van der Waals surface area contributed by atoms with Gasteiger partial charge in [-0.05, 0) is 39.3 Å². The Labute approximate surface area is 181 Å². The topological polar surface area (TPSA) is 68.3 Å². The van der Waals surface area contributed by atoms with Crippen molar-refractivity contribution in [3.63, 3.8) is 0 Å². The van der Waals surface area contributed by atoms with E-state index in [4.69, 9.17) is 14.2 Å². The molecule has 1 aromatic rings. The summed E-state index contributed by atoms with van der Waals surface area (Å²) in [6, 6.07) is 9.30. The third-order valence-corrected chi connectivity index (χ3v) is 4.44. The predicted molar refractivity (Wildman–Crippen MR) is 117 cm³/mol. The second-order valence-electron chi connectivity index (χ2n) is 8.78. The Morgan fingerprint density at radius 3 is 2.17 bits per heavy atom. The first-order valence-corrected chi connectivity index (χ1v) is 10.4. The van der Waals surface area contributed by atoms with Crippen molar-refractivity contribution < 1.29 is 23.8 Å². The Bertz CT molecular complexity index is 643. The highest BCUT2D eigenvalue weighted by molar-refractivity contribution is 5.76. The van der Waals surface area contributed by atoms with E-state index in [-0.39, 0.29) is 30.6 Å². The lowest BCUT2D eigenvalue weighted by Crippen LogP contribution is -2.45. The van der Waals surface area contributed by atoms with Crippen LogP contribution in [0.3, 0.4) is 0 Å². The molecule has 170 valence electrons. The molecule has 1 amide bonds. The molecule has 0 unspecified atom stereocenters. The van der Waals surface area contributed by atoms with Crippen molar-refractivity contribution in [3.05, 3.63) is 35.9 Å². The van der Waals surface area contributed by atoms with Crippen LogP contribution in [0.1, 0.15) is 40.2 Å². The van der Waals surface area contributed by atoms with Crippen molar-refractivity contribution >= 4 is 12.1 Å². The molecule has 0 fully saturated rings. The normalized spacial score (nSPS) is 12.7. The predicted octanol–water partition coefficient (Wildman–Crippen LogP) is 3.57. The molecule has 0 heterocycles. The van der Waals surface area contributed by atoms with E-state index in [9.17, 15) is 9.59 Å². The largest absolute Gasteiger partial charge is 0.460 e. The van der Waals surface area contributed by atoms with Crippen molar-refractivity contribution in [1.82, 2.24) is 9.80 Å². The SMILES string of the molecule is CC(C)[C@@H](C(=O)OCc1ccccc1)N(C)CCOCCN(C)C(=O)OC(C)(C)C. The Morgan fingerprint density at radius 2 is 1.60 bits per heavy atom. The van der Waals surface area contributed by atoms with Gasteiger partial charge >= 0.3 is 12.1 Å². The first-order valence-electron chi connectivity index (χ1n) is 10.4. The zero-order valence-electron chi connectivity index (χ0n) is 19.5. The summed E-state index contributed by atoms with van der Waals surface area (Å²) in [6.45, 7) is 11.6. The van der Waals surface area contributed by atoms with Crippen molar-refractivity contribution in [2.45, 2.75) is 52.9 Å². The van der Waals surface area contributed by atoms with E-state index in [0.29, 0.717) is 26.3 Å². The molecule has 30 heavy (non-hydrogen) atoms. The van der Waals surface area contributed by atoms with Crippen LogP contribution in [-0.4, -0.2) is 73.9 Å². The van der Waals surface area contributed by atoms with Gasteiger partial charge < -0.3 is 19.1 Å². The number of nitrogens with zero attached hydrogens (tertiary/aromatic N) is 2. The monoisotopic (exact) mass is 422 g/mol. The van der Waals surface area contributed by atoms with Gasteiger partial charge in [0.1, 0.15) is 18.2 Å². The van der Waals surface area contributed by atoms with Crippen LogP contribution >= 0.6 is 0 Å². The van der Waals surface area contributed by atoms with E-state index in [1.807, 2.05) is 76.9 Å². The zero-order chi connectivity index (χ0) is 22.7. The number of esters is 1. The van der Waals surface area contributed by atoms with Gasteiger partial charge in [-0.15, -0.1) is 0 Å². The van der Waals surface area contributed by atoms with Crippen molar-refractivity contribution in [3.8, 4) is 0 Å². The summed E-state index contributed by atoms with van der Waals surface area (Å²) in [5.74, 6) is -0.127. The minimum atomic E-state index is -0.518. The van der Waals surface area contributed by atoms with Crippen LogP contribution in [-0.2, 0) is 25.6 Å². The summed E-state index contributed by atoms with van der Waals surface area (Å²) in [7, 11) is 3.58.